The molecule has 0 aliphatic carbocycles. The molecule has 2 saturated heterocycles. The molecule has 2 aliphatic rings. The lowest BCUT2D eigenvalue weighted by atomic mass is 10.0. The van der Waals surface area contributed by atoms with E-state index in [1.807, 2.05) is 18.5 Å². The van der Waals surface area contributed by atoms with Crippen molar-refractivity contribution in [2.24, 2.45) is 0 Å². The van der Waals surface area contributed by atoms with Crippen LogP contribution in [0.25, 0.3) is 11.3 Å². The summed E-state index contributed by atoms with van der Waals surface area (Å²) < 4.78 is 31.7. The summed E-state index contributed by atoms with van der Waals surface area (Å²) in [6.45, 7) is 7.06. The Morgan fingerprint density at radius 3 is 2.35 bits per heavy atom. The third-order valence-corrected chi connectivity index (χ3v) is 8.46. The quantitative estimate of drug-likeness (QED) is 0.478. The van der Waals surface area contributed by atoms with Crippen LogP contribution in [0.2, 0.25) is 0 Å². The molecule has 10 nitrogen and oxygen atoms in total. The second-order valence-corrected chi connectivity index (χ2v) is 11.8. The van der Waals surface area contributed by atoms with E-state index in [1.54, 1.807) is 10.5 Å². The molecule has 5 rings (SSSR count). The van der Waals surface area contributed by atoms with E-state index in [2.05, 4.69) is 55.1 Å². The SMILES string of the molecule is CCc1cnc(N2CCC(Oc3ccc(CN4CCN(S(C)(=O)=O)CC4)cc3-c3ccn[nH]3)CC2)nc1. The standard InChI is InChI=1S/C26H35N7O3S/c1-3-20-17-27-26(28-18-20)32-10-7-22(8-11-32)36-25-5-4-21(16-23(25)24-6-9-29-30-24)19-31-12-14-33(15-13-31)37(2,34)35/h4-6,9,16-18,22H,3,7-8,10-15,19H2,1-2H3,(H,29,30). The van der Waals surface area contributed by atoms with Gasteiger partial charge in [0.2, 0.25) is 16.0 Å². The molecule has 4 heterocycles. The van der Waals surface area contributed by atoms with Gasteiger partial charge in [-0.3, -0.25) is 10.00 Å². The lowest BCUT2D eigenvalue weighted by Gasteiger charge is -2.33. The lowest BCUT2D eigenvalue weighted by Crippen LogP contribution is -2.47. The summed E-state index contributed by atoms with van der Waals surface area (Å²) >= 11 is 0. The molecule has 1 N–H and O–H groups in total. The van der Waals surface area contributed by atoms with E-state index in [0.29, 0.717) is 26.2 Å². The van der Waals surface area contributed by atoms with Crippen molar-refractivity contribution in [3.8, 4) is 17.0 Å². The number of aryl methyl sites for hydroxylation is 1. The van der Waals surface area contributed by atoms with Crippen LogP contribution in [0.5, 0.6) is 5.75 Å². The molecule has 37 heavy (non-hydrogen) atoms. The highest BCUT2D eigenvalue weighted by Gasteiger charge is 2.25. The fraction of sp³-hybridized carbons (Fsp3) is 0.500. The maximum atomic E-state index is 11.8. The van der Waals surface area contributed by atoms with Gasteiger partial charge in [0, 0.05) is 82.8 Å². The maximum absolute atomic E-state index is 11.8. The molecular weight excluding hydrogens is 490 g/mol. The van der Waals surface area contributed by atoms with Crippen LogP contribution >= 0.6 is 0 Å². The minimum absolute atomic E-state index is 0.114. The van der Waals surface area contributed by atoms with E-state index in [4.69, 9.17) is 4.74 Å². The number of aromatic amines is 1. The Morgan fingerprint density at radius 2 is 1.73 bits per heavy atom. The number of benzene rings is 1. The number of hydrogen-bond acceptors (Lipinski definition) is 8. The average molecular weight is 526 g/mol. The van der Waals surface area contributed by atoms with Crippen LogP contribution in [-0.2, 0) is 23.0 Å². The van der Waals surface area contributed by atoms with Gasteiger partial charge in [-0.15, -0.1) is 0 Å². The molecule has 198 valence electrons. The molecule has 0 atom stereocenters. The average Bonchev–Trinajstić information content (AvgIpc) is 3.45. The van der Waals surface area contributed by atoms with E-state index < -0.39 is 10.0 Å². The van der Waals surface area contributed by atoms with Crippen molar-refractivity contribution >= 4 is 16.0 Å². The molecule has 3 aromatic rings. The molecule has 0 spiro atoms. The van der Waals surface area contributed by atoms with Gasteiger partial charge >= 0.3 is 0 Å². The van der Waals surface area contributed by atoms with E-state index in [1.165, 1.54) is 6.26 Å². The smallest absolute Gasteiger partial charge is 0.225 e. The summed E-state index contributed by atoms with van der Waals surface area (Å²) in [5.41, 5.74) is 4.21. The highest BCUT2D eigenvalue weighted by Crippen LogP contribution is 2.32. The summed E-state index contributed by atoms with van der Waals surface area (Å²) in [5, 5.41) is 7.23. The number of nitrogens with one attached hydrogen (secondary N) is 1. The van der Waals surface area contributed by atoms with Crippen LogP contribution in [0.1, 0.15) is 30.9 Å². The van der Waals surface area contributed by atoms with Gasteiger partial charge in [0.15, 0.2) is 0 Å². The van der Waals surface area contributed by atoms with Gasteiger partial charge in [-0.2, -0.15) is 9.40 Å². The van der Waals surface area contributed by atoms with E-state index in [-0.39, 0.29) is 6.10 Å². The van der Waals surface area contributed by atoms with Gasteiger partial charge in [0.25, 0.3) is 0 Å². The third-order valence-electron chi connectivity index (χ3n) is 7.16. The number of H-pyrrole nitrogens is 1. The Balaban J connectivity index is 1.23. The van der Waals surface area contributed by atoms with Crippen LogP contribution in [0, 0.1) is 0 Å². The number of anilines is 1. The minimum atomic E-state index is -3.13. The Kier molecular flexibility index (Phi) is 7.73. The van der Waals surface area contributed by atoms with Crippen LogP contribution in [0.15, 0.2) is 42.9 Å². The first-order valence-electron chi connectivity index (χ1n) is 12.9. The van der Waals surface area contributed by atoms with Crippen LogP contribution in [0.3, 0.4) is 0 Å². The van der Waals surface area contributed by atoms with Crippen molar-refractivity contribution in [3.63, 3.8) is 0 Å². The summed E-state index contributed by atoms with van der Waals surface area (Å²) in [5.74, 6) is 1.63. The van der Waals surface area contributed by atoms with Crippen molar-refractivity contribution in [2.45, 2.75) is 38.8 Å². The first-order chi connectivity index (χ1) is 17.9. The number of piperazine rings is 1. The Morgan fingerprint density at radius 1 is 1.00 bits per heavy atom. The maximum Gasteiger partial charge on any atom is 0.225 e. The molecule has 0 saturated carbocycles. The molecule has 1 aromatic carbocycles. The minimum Gasteiger partial charge on any atom is -0.490 e. The number of aromatic nitrogens is 4. The zero-order valence-electron chi connectivity index (χ0n) is 21.5. The first-order valence-corrected chi connectivity index (χ1v) is 14.8. The van der Waals surface area contributed by atoms with Gasteiger partial charge in [-0.25, -0.2) is 18.4 Å². The predicted octanol–water partition coefficient (Wildman–Crippen LogP) is 2.55. The van der Waals surface area contributed by atoms with Crippen molar-refractivity contribution in [3.05, 3.63) is 54.0 Å². The number of rotatable bonds is 8. The predicted molar refractivity (Wildman–Crippen MR) is 143 cm³/mol. The highest BCUT2D eigenvalue weighted by atomic mass is 32.2. The topological polar surface area (TPSA) is 108 Å². The van der Waals surface area contributed by atoms with E-state index in [0.717, 1.165) is 73.0 Å². The van der Waals surface area contributed by atoms with Gasteiger partial charge in [0.05, 0.1) is 11.9 Å². The van der Waals surface area contributed by atoms with Gasteiger partial charge in [0.1, 0.15) is 11.9 Å². The molecule has 2 aliphatic heterocycles. The van der Waals surface area contributed by atoms with E-state index in [9.17, 15) is 8.42 Å². The number of nitrogens with zero attached hydrogens (tertiary/aromatic N) is 6. The second kappa shape index (κ2) is 11.2. The summed E-state index contributed by atoms with van der Waals surface area (Å²) in [6, 6.07) is 8.27. The second-order valence-electron chi connectivity index (χ2n) is 9.79. The molecule has 2 fully saturated rings. The molecule has 11 heteroatoms. The van der Waals surface area contributed by atoms with Crippen LogP contribution in [0.4, 0.5) is 5.95 Å². The molecule has 0 radical (unpaired) electrons. The zero-order valence-corrected chi connectivity index (χ0v) is 22.3. The Bertz CT molecular complexity index is 1270. The summed E-state index contributed by atoms with van der Waals surface area (Å²) in [7, 11) is -3.13. The van der Waals surface area contributed by atoms with Gasteiger partial charge in [-0.05, 0) is 35.7 Å². The number of hydrogen-bond donors (Lipinski definition) is 1. The normalized spacial score (nSPS) is 18.3. The van der Waals surface area contributed by atoms with Crippen LogP contribution < -0.4 is 9.64 Å². The monoisotopic (exact) mass is 525 g/mol. The molecule has 2 aromatic heterocycles. The fourth-order valence-corrected chi connectivity index (χ4v) is 5.75. The first kappa shape index (κ1) is 25.6. The van der Waals surface area contributed by atoms with Crippen molar-refractivity contribution < 1.29 is 13.2 Å². The summed E-state index contributed by atoms with van der Waals surface area (Å²) in [6.07, 6.45) is 9.69. The van der Waals surface area contributed by atoms with Gasteiger partial charge < -0.3 is 9.64 Å². The number of ether oxygens (including phenoxy) is 1. The third kappa shape index (κ3) is 6.28. The zero-order chi connectivity index (χ0) is 25.8. The van der Waals surface area contributed by atoms with Crippen molar-refractivity contribution in [2.75, 3.05) is 50.4 Å². The molecular formula is C26H35N7O3S. The van der Waals surface area contributed by atoms with Crippen LogP contribution in [-0.4, -0.2) is 89.4 Å². The largest absolute Gasteiger partial charge is 0.490 e. The van der Waals surface area contributed by atoms with Crippen molar-refractivity contribution in [1.82, 2.24) is 29.4 Å². The van der Waals surface area contributed by atoms with Crippen molar-refractivity contribution in [1.29, 1.82) is 0 Å². The van der Waals surface area contributed by atoms with Gasteiger partial charge in [-0.1, -0.05) is 13.0 Å². The number of piperidine rings is 1. The highest BCUT2D eigenvalue weighted by molar-refractivity contribution is 7.88. The molecule has 0 bridgehead atoms. The number of sulfonamides is 1. The Hall–Kier alpha value is -3.02. The Labute approximate surface area is 218 Å². The molecule has 0 unspecified atom stereocenters. The summed E-state index contributed by atoms with van der Waals surface area (Å²) in [4.78, 5) is 13.6. The lowest BCUT2D eigenvalue weighted by molar-refractivity contribution is 0.170. The molecule has 0 amide bonds. The fourth-order valence-electron chi connectivity index (χ4n) is 4.92. The van der Waals surface area contributed by atoms with E-state index >= 15 is 0 Å².